The van der Waals surface area contributed by atoms with Crippen molar-refractivity contribution >= 4 is 33.4 Å². The second kappa shape index (κ2) is 5.64. The van der Waals surface area contributed by atoms with Gasteiger partial charge in [0.15, 0.2) is 5.15 Å². The third-order valence-electron chi connectivity index (χ3n) is 2.13. The van der Waals surface area contributed by atoms with Gasteiger partial charge in [-0.15, -0.1) is 0 Å². The van der Waals surface area contributed by atoms with Crippen LogP contribution >= 0.6 is 27.5 Å². The molecule has 0 spiro atoms. The smallest absolute Gasteiger partial charge is 0.269 e. The number of hydrogen-bond acceptors (Lipinski definition) is 3. The van der Waals surface area contributed by atoms with Gasteiger partial charge in [-0.2, -0.15) is 0 Å². The standard InChI is InChI=1S/C10H13BrClN3O2/c1-5(2)14-9(16)6(3)15-4-13-8(12)7(11)10(15)17/h4-6H,1-3H3,(H,14,16). The maximum Gasteiger partial charge on any atom is 0.269 e. The van der Waals surface area contributed by atoms with Crippen LogP contribution in [0.25, 0.3) is 0 Å². The molecule has 0 saturated carbocycles. The van der Waals surface area contributed by atoms with Crippen molar-refractivity contribution < 1.29 is 4.79 Å². The van der Waals surface area contributed by atoms with Gasteiger partial charge < -0.3 is 5.32 Å². The second-order valence-electron chi connectivity index (χ2n) is 3.90. The van der Waals surface area contributed by atoms with Gasteiger partial charge in [0, 0.05) is 6.04 Å². The number of hydrogen-bond donors (Lipinski definition) is 1. The largest absolute Gasteiger partial charge is 0.352 e. The van der Waals surface area contributed by atoms with Crippen LogP contribution in [0.2, 0.25) is 5.15 Å². The highest BCUT2D eigenvalue weighted by molar-refractivity contribution is 9.10. The molecular weight excluding hydrogens is 309 g/mol. The molecule has 1 amide bonds. The normalized spacial score (nSPS) is 12.6. The fourth-order valence-electron chi connectivity index (χ4n) is 1.23. The average molecular weight is 323 g/mol. The minimum absolute atomic E-state index is 0.0179. The van der Waals surface area contributed by atoms with Gasteiger partial charge in [-0.25, -0.2) is 4.98 Å². The van der Waals surface area contributed by atoms with Gasteiger partial charge in [0.25, 0.3) is 5.56 Å². The lowest BCUT2D eigenvalue weighted by Gasteiger charge is -2.16. The molecule has 94 valence electrons. The molecule has 1 atom stereocenters. The summed E-state index contributed by atoms with van der Waals surface area (Å²) in [7, 11) is 0. The van der Waals surface area contributed by atoms with E-state index in [-0.39, 0.29) is 27.1 Å². The van der Waals surface area contributed by atoms with E-state index in [1.807, 2.05) is 13.8 Å². The lowest BCUT2D eigenvalue weighted by molar-refractivity contribution is -0.124. The van der Waals surface area contributed by atoms with E-state index >= 15 is 0 Å². The molecular formula is C10H13BrClN3O2. The Kier molecular flexibility index (Phi) is 4.70. The maximum absolute atomic E-state index is 11.8. The summed E-state index contributed by atoms with van der Waals surface area (Å²) < 4.78 is 1.39. The Morgan fingerprint density at radius 3 is 2.65 bits per heavy atom. The van der Waals surface area contributed by atoms with Gasteiger partial charge in [0.05, 0.1) is 6.33 Å². The second-order valence-corrected chi connectivity index (χ2v) is 5.05. The summed E-state index contributed by atoms with van der Waals surface area (Å²) in [5, 5.41) is 2.81. The Morgan fingerprint density at radius 1 is 1.53 bits per heavy atom. The fraction of sp³-hybridized carbons (Fsp3) is 0.500. The quantitative estimate of drug-likeness (QED) is 0.862. The molecule has 1 aromatic heterocycles. The van der Waals surface area contributed by atoms with Crippen LogP contribution < -0.4 is 10.9 Å². The van der Waals surface area contributed by atoms with E-state index in [1.54, 1.807) is 6.92 Å². The van der Waals surface area contributed by atoms with Gasteiger partial charge in [-0.05, 0) is 36.7 Å². The van der Waals surface area contributed by atoms with E-state index in [9.17, 15) is 9.59 Å². The molecule has 0 saturated heterocycles. The van der Waals surface area contributed by atoms with Crippen molar-refractivity contribution in [3.63, 3.8) is 0 Å². The minimum Gasteiger partial charge on any atom is -0.352 e. The van der Waals surface area contributed by atoms with Crippen LogP contribution in [0.4, 0.5) is 0 Å². The van der Waals surface area contributed by atoms with Crippen molar-refractivity contribution in [2.45, 2.75) is 32.9 Å². The Bertz CT molecular complexity index is 487. The number of rotatable bonds is 3. The summed E-state index contributed by atoms with van der Waals surface area (Å²) in [6.07, 6.45) is 1.26. The van der Waals surface area contributed by atoms with Gasteiger partial charge >= 0.3 is 0 Å². The molecule has 0 fully saturated rings. The SMILES string of the molecule is CC(C)NC(=O)C(C)n1cnc(Cl)c(Br)c1=O. The molecule has 0 bridgehead atoms. The number of nitrogens with one attached hydrogen (secondary N) is 1. The fourth-order valence-corrected chi connectivity index (χ4v) is 1.66. The number of halogens is 2. The summed E-state index contributed by atoms with van der Waals surface area (Å²) in [4.78, 5) is 27.4. The molecule has 0 radical (unpaired) electrons. The zero-order valence-corrected chi connectivity index (χ0v) is 12.0. The molecule has 1 unspecified atom stereocenters. The molecule has 0 aliphatic rings. The lowest BCUT2D eigenvalue weighted by atomic mass is 10.3. The summed E-state index contributed by atoms with van der Waals surface area (Å²) in [5.74, 6) is -0.238. The highest BCUT2D eigenvalue weighted by Crippen LogP contribution is 2.15. The van der Waals surface area contributed by atoms with E-state index in [0.717, 1.165) is 0 Å². The molecule has 0 aliphatic carbocycles. The number of carbonyl (C=O) groups is 1. The molecule has 1 aromatic rings. The van der Waals surface area contributed by atoms with E-state index in [1.165, 1.54) is 10.9 Å². The molecule has 7 heteroatoms. The van der Waals surface area contributed by atoms with Gasteiger partial charge in [-0.1, -0.05) is 11.6 Å². The van der Waals surface area contributed by atoms with E-state index in [0.29, 0.717) is 0 Å². The number of amides is 1. The van der Waals surface area contributed by atoms with Crippen molar-refractivity contribution in [2.75, 3.05) is 0 Å². The van der Waals surface area contributed by atoms with Crippen LogP contribution in [0.1, 0.15) is 26.8 Å². The monoisotopic (exact) mass is 321 g/mol. The topological polar surface area (TPSA) is 64.0 Å². The Hall–Kier alpha value is -0.880. The zero-order valence-electron chi connectivity index (χ0n) is 9.70. The third kappa shape index (κ3) is 3.29. The number of aromatic nitrogens is 2. The maximum atomic E-state index is 11.8. The van der Waals surface area contributed by atoms with E-state index in [4.69, 9.17) is 11.6 Å². The number of nitrogens with zero attached hydrogens (tertiary/aromatic N) is 2. The predicted octanol–water partition coefficient (Wildman–Crippen LogP) is 1.74. The van der Waals surface area contributed by atoms with Crippen LogP contribution in [0, 0.1) is 0 Å². The summed E-state index contributed by atoms with van der Waals surface area (Å²) in [6.45, 7) is 5.33. The number of carbonyl (C=O) groups excluding carboxylic acids is 1. The van der Waals surface area contributed by atoms with Crippen LogP contribution in [-0.2, 0) is 4.79 Å². The predicted molar refractivity (Wildman–Crippen MR) is 69.2 cm³/mol. The first kappa shape index (κ1) is 14.2. The molecule has 17 heavy (non-hydrogen) atoms. The minimum atomic E-state index is -0.633. The summed E-state index contributed by atoms with van der Waals surface area (Å²) >= 11 is 8.72. The van der Waals surface area contributed by atoms with E-state index in [2.05, 4.69) is 26.2 Å². The highest BCUT2D eigenvalue weighted by atomic mass is 79.9. The molecule has 0 aliphatic heterocycles. The van der Waals surface area contributed by atoms with Crippen LogP contribution in [0.3, 0.4) is 0 Å². The summed E-state index contributed by atoms with van der Waals surface area (Å²) in [6, 6.07) is -0.615. The molecule has 0 aromatic carbocycles. The van der Waals surface area contributed by atoms with Crippen LogP contribution in [0.15, 0.2) is 15.6 Å². The van der Waals surface area contributed by atoms with E-state index < -0.39 is 6.04 Å². The van der Waals surface area contributed by atoms with Gasteiger partial charge in [-0.3, -0.25) is 14.2 Å². The summed E-state index contributed by atoms with van der Waals surface area (Å²) in [5.41, 5.74) is -0.378. The molecule has 1 N–H and O–H groups in total. The first-order chi connectivity index (χ1) is 7.84. The van der Waals surface area contributed by atoms with Crippen molar-refractivity contribution in [3.05, 3.63) is 26.3 Å². The van der Waals surface area contributed by atoms with Crippen molar-refractivity contribution in [2.24, 2.45) is 0 Å². The van der Waals surface area contributed by atoms with Crippen molar-refractivity contribution in [1.82, 2.24) is 14.9 Å². The van der Waals surface area contributed by atoms with Gasteiger partial charge in [0.1, 0.15) is 10.5 Å². The Balaban J connectivity index is 3.05. The van der Waals surface area contributed by atoms with Crippen molar-refractivity contribution in [1.29, 1.82) is 0 Å². The van der Waals surface area contributed by atoms with Crippen molar-refractivity contribution in [3.8, 4) is 0 Å². The first-order valence-corrected chi connectivity index (χ1v) is 6.24. The average Bonchev–Trinajstić information content (AvgIpc) is 2.24. The molecule has 1 heterocycles. The van der Waals surface area contributed by atoms with Crippen LogP contribution in [0.5, 0.6) is 0 Å². The third-order valence-corrected chi connectivity index (χ3v) is 3.36. The molecule has 5 nitrogen and oxygen atoms in total. The first-order valence-electron chi connectivity index (χ1n) is 5.07. The Labute approximate surface area is 112 Å². The van der Waals surface area contributed by atoms with Crippen LogP contribution in [-0.4, -0.2) is 21.5 Å². The highest BCUT2D eigenvalue weighted by Gasteiger charge is 2.18. The van der Waals surface area contributed by atoms with Gasteiger partial charge in [0.2, 0.25) is 5.91 Å². The lowest BCUT2D eigenvalue weighted by Crippen LogP contribution is -2.39. The molecule has 1 rings (SSSR count). The zero-order chi connectivity index (χ0) is 13.2. The Morgan fingerprint density at radius 2 is 2.12 bits per heavy atom.